The third-order valence-corrected chi connectivity index (χ3v) is 4.96. The molecule has 1 fully saturated rings. The molecule has 122 valence electrons. The quantitative estimate of drug-likeness (QED) is 0.872. The van der Waals surface area contributed by atoms with Crippen LogP contribution in [0.3, 0.4) is 0 Å². The van der Waals surface area contributed by atoms with Crippen LogP contribution in [-0.2, 0) is 16.1 Å². The Morgan fingerprint density at radius 3 is 2.68 bits per heavy atom. The molecule has 1 heterocycles. The van der Waals surface area contributed by atoms with E-state index in [2.05, 4.69) is 4.98 Å². The van der Waals surface area contributed by atoms with Gasteiger partial charge in [-0.25, -0.2) is 0 Å². The molecule has 1 aromatic heterocycles. The van der Waals surface area contributed by atoms with Gasteiger partial charge in [0.05, 0.1) is 18.3 Å². The van der Waals surface area contributed by atoms with Crippen molar-refractivity contribution in [3.8, 4) is 0 Å². The minimum Gasteiger partial charge on any atom is -0.378 e. The molecule has 2 unspecified atom stereocenters. The van der Waals surface area contributed by atoms with Crippen LogP contribution < -0.4 is 5.73 Å². The van der Waals surface area contributed by atoms with Crippen molar-refractivity contribution in [3.63, 3.8) is 0 Å². The summed E-state index contributed by atoms with van der Waals surface area (Å²) in [6, 6.07) is 5.72. The van der Waals surface area contributed by atoms with Crippen LogP contribution in [0.2, 0.25) is 0 Å². The summed E-state index contributed by atoms with van der Waals surface area (Å²) in [6.45, 7) is 9.72. The maximum atomic E-state index is 13.0. The molecule has 5 heteroatoms. The zero-order valence-corrected chi connectivity index (χ0v) is 14.0. The van der Waals surface area contributed by atoms with E-state index in [0.29, 0.717) is 26.1 Å². The van der Waals surface area contributed by atoms with E-state index in [0.717, 1.165) is 5.69 Å². The molecule has 1 saturated carbocycles. The molecule has 1 aromatic rings. The maximum Gasteiger partial charge on any atom is 0.243 e. The highest BCUT2D eigenvalue weighted by Gasteiger charge is 2.63. The number of nitrogens with zero attached hydrogens (tertiary/aromatic N) is 2. The van der Waals surface area contributed by atoms with E-state index in [1.807, 2.05) is 45.9 Å². The van der Waals surface area contributed by atoms with Crippen molar-refractivity contribution in [1.82, 2.24) is 9.88 Å². The lowest BCUT2D eigenvalue weighted by atomic mass is 9.54. The third-order valence-electron chi connectivity index (χ3n) is 4.96. The normalized spacial score (nSPS) is 26.3. The Bertz CT molecular complexity index is 518. The van der Waals surface area contributed by atoms with E-state index >= 15 is 0 Å². The first kappa shape index (κ1) is 16.9. The molecule has 1 aliphatic carbocycles. The van der Waals surface area contributed by atoms with Gasteiger partial charge >= 0.3 is 0 Å². The van der Waals surface area contributed by atoms with Crippen LogP contribution in [0.5, 0.6) is 0 Å². The van der Waals surface area contributed by atoms with E-state index in [4.69, 9.17) is 10.5 Å². The van der Waals surface area contributed by atoms with Crippen LogP contribution in [0.25, 0.3) is 0 Å². The molecule has 2 atom stereocenters. The predicted molar refractivity (Wildman–Crippen MR) is 86.1 cm³/mol. The molecule has 0 radical (unpaired) electrons. The Kier molecular flexibility index (Phi) is 4.87. The molecule has 0 bridgehead atoms. The highest BCUT2D eigenvalue weighted by Crippen LogP contribution is 2.50. The zero-order valence-electron chi connectivity index (χ0n) is 14.0. The number of likely N-dealkylation sites (N-methyl/N-ethyl adjacent to an activating group) is 1. The lowest BCUT2D eigenvalue weighted by Crippen LogP contribution is -2.76. The van der Waals surface area contributed by atoms with Crippen molar-refractivity contribution in [2.75, 3.05) is 13.2 Å². The summed E-state index contributed by atoms with van der Waals surface area (Å²) in [4.78, 5) is 19.0. The van der Waals surface area contributed by atoms with E-state index in [1.54, 1.807) is 11.1 Å². The van der Waals surface area contributed by atoms with Gasteiger partial charge in [-0.15, -0.1) is 0 Å². The van der Waals surface area contributed by atoms with Gasteiger partial charge in [0, 0.05) is 31.2 Å². The summed E-state index contributed by atoms with van der Waals surface area (Å²) in [7, 11) is 0. The first-order chi connectivity index (χ1) is 10.4. The Hall–Kier alpha value is -1.46. The number of ether oxygens (including phenoxy) is 1. The number of hydrogen-bond donors (Lipinski definition) is 1. The molecule has 0 saturated heterocycles. The van der Waals surface area contributed by atoms with Gasteiger partial charge in [0.25, 0.3) is 0 Å². The highest BCUT2D eigenvalue weighted by atomic mass is 16.5. The van der Waals surface area contributed by atoms with Gasteiger partial charge < -0.3 is 15.4 Å². The van der Waals surface area contributed by atoms with Crippen molar-refractivity contribution in [2.24, 2.45) is 11.1 Å². The number of hydrogen-bond acceptors (Lipinski definition) is 4. The fourth-order valence-corrected chi connectivity index (χ4v) is 3.09. The molecule has 1 amide bonds. The first-order valence-corrected chi connectivity index (χ1v) is 7.96. The lowest BCUT2D eigenvalue weighted by Gasteiger charge is -2.58. The van der Waals surface area contributed by atoms with Crippen LogP contribution in [0.15, 0.2) is 24.4 Å². The fourth-order valence-electron chi connectivity index (χ4n) is 3.09. The number of carbonyl (C=O) groups is 1. The minimum atomic E-state index is -0.863. The summed E-state index contributed by atoms with van der Waals surface area (Å²) in [5, 5.41) is 0. The largest absolute Gasteiger partial charge is 0.378 e. The smallest absolute Gasteiger partial charge is 0.243 e. The standard InChI is InChI=1S/C17H27N3O2/c1-5-20(12-13-9-7-8-10-19-13)15(21)17(18)11-14(22-6-2)16(17,3)4/h7-10,14H,5-6,11-12,18H2,1-4H3. The SMILES string of the molecule is CCOC1CC(N)(C(=O)N(CC)Cc2ccccn2)C1(C)C. The molecule has 0 aliphatic heterocycles. The Balaban J connectivity index is 2.12. The minimum absolute atomic E-state index is 0.0124. The molecule has 2 N–H and O–H groups in total. The first-order valence-electron chi connectivity index (χ1n) is 7.96. The number of rotatable bonds is 6. The van der Waals surface area contributed by atoms with Crippen LogP contribution >= 0.6 is 0 Å². The van der Waals surface area contributed by atoms with Gasteiger partial charge in [-0.2, -0.15) is 0 Å². The van der Waals surface area contributed by atoms with Gasteiger partial charge in [0.2, 0.25) is 5.91 Å². The van der Waals surface area contributed by atoms with Crippen LogP contribution in [-0.4, -0.2) is 40.6 Å². The second-order valence-electron chi connectivity index (χ2n) is 6.48. The third kappa shape index (κ3) is 2.75. The number of nitrogens with two attached hydrogens (primary N) is 1. The van der Waals surface area contributed by atoms with E-state index in [1.165, 1.54) is 0 Å². The topological polar surface area (TPSA) is 68.5 Å². The van der Waals surface area contributed by atoms with Crippen molar-refractivity contribution >= 4 is 5.91 Å². The summed E-state index contributed by atoms with van der Waals surface area (Å²) < 4.78 is 5.71. The summed E-state index contributed by atoms with van der Waals surface area (Å²) in [5.41, 5.74) is 6.13. The van der Waals surface area contributed by atoms with Gasteiger partial charge in [-0.3, -0.25) is 9.78 Å². The second-order valence-corrected chi connectivity index (χ2v) is 6.48. The zero-order chi connectivity index (χ0) is 16.4. The molecule has 22 heavy (non-hydrogen) atoms. The van der Waals surface area contributed by atoms with Crippen LogP contribution in [0.4, 0.5) is 0 Å². The van der Waals surface area contributed by atoms with E-state index in [-0.39, 0.29) is 17.4 Å². The highest BCUT2D eigenvalue weighted by molar-refractivity contribution is 5.88. The summed E-state index contributed by atoms with van der Waals surface area (Å²) in [5.74, 6) is -0.0124. The lowest BCUT2D eigenvalue weighted by molar-refractivity contribution is -0.179. The van der Waals surface area contributed by atoms with Gasteiger partial charge in [0.1, 0.15) is 5.54 Å². The fraction of sp³-hybridized carbons (Fsp3) is 0.647. The molecular weight excluding hydrogens is 278 g/mol. The Morgan fingerprint density at radius 1 is 1.45 bits per heavy atom. The van der Waals surface area contributed by atoms with Crippen molar-refractivity contribution < 1.29 is 9.53 Å². The molecule has 0 aromatic carbocycles. The summed E-state index contributed by atoms with van der Waals surface area (Å²) in [6.07, 6.45) is 2.36. The second kappa shape index (κ2) is 6.34. The summed E-state index contributed by atoms with van der Waals surface area (Å²) >= 11 is 0. The van der Waals surface area contributed by atoms with Gasteiger partial charge in [-0.05, 0) is 26.0 Å². The average molecular weight is 305 g/mol. The monoisotopic (exact) mass is 305 g/mol. The van der Waals surface area contributed by atoms with Crippen molar-refractivity contribution in [1.29, 1.82) is 0 Å². The molecule has 2 rings (SSSR count). The Labute approximate surface area is 132 Å². The molecular formula is C17H27N3O2. The van der Waals surface area contributed by atoms with Crippen LogP contribution in [0.1, 0.15) is 39.8 Å². The van der Waals surface area contributed by atoms with Crippen LogP contribution in [0, 0.1) is 5.41 Å². The molecule has 1 aliphatic rings. The molecule has 0 spiro atoms. The Morgan fingerprint density at radius 2 is 2.18 bits per heavy atom. The van der Waals surface area contributed by atoms with Gasteiger partial charge in [0.15, 0.2) is 0 Å². The number of carbonyl (C=O) groups excluding carboxylic acids is 1. The van der Waals surface area contributed by atoms with Crippen molar-refractivity contribution in [2.45, 2.75) is 52.3 Å². The van der Waals surface area contributed by atoms with E-state index < -0.39 is 5.54 Å². The maximum absolute atomic E-state index is 13.0. The van der Waals surface area contributed by atoms with E-state index in [9.17, 15) is 4.79 Å². The molecule has 5 nitrogen and oxygen atoms in total. The number of pyridine rings is 1. The number of aromatic nitrogens is 1. The number of amides is 1. The van der Waals surface area contributed by atoms with Gasteiger partial charge in [-0.1, -0.05) is 19.9 Å². The van der Waals surface area contributed by atoms with Crippen molar-refractivity contribution in [3.05, 3.63) is 30.1 Å². The average Bonchev–Trinajstić information content (AvgIpc) is 2.52. The predicted octanol–water partition coefficient (Wildman–Crippen LogP) is 1.96.